The topological polar surface area (TPSA) is 58.1 Å². The Balaban J connectivity index is 1.48. The highest BCUT2D eigenvalue weighted by molar-refractivity contribution is 5.79. The van der Waals surface area contributed by atoms with Crippen LogP contribution in [-0.4, -0.2) is 50.8 Å². The van der Waals surface area contributed by atoms with E-state index in [-0.39, 0.29) is 0 Å². The van der Waals surface area contributed by atoms with Gasteiger partial charge < -0.3 is 20.1 Å². The number of guanidine groups is 1. The lowest BCUT2D eigenvalue weighted by Gasteiger charge is -2.26. The fraction of sp³-hybridized carbons (Fsp3) is 0.480. The molecule has 0 aromatic heterocycles. The Hall–Kier alpha value is -2.57. The standard InChI is InChI=1S/C25H36N4O2/c1-4-13-31-24-16-20(2)5-10-23(24)18-28-25(26-3)27-17-21-6-8-22(9-7-21)19-29-11-14-30-15-12-29/h5-10,16H,4,11-15,17-19H2,1-3H3,(H2,26,27,28). The van der Waals surface area contributed by atoms with Crippen molar-refractivity contribution in [3.05, 3.63) is 64.7 Å². The van der Waals surface area contributed by atoms with Gasteiger partial charge in [0.05, 0.1) is 19.8 Å². The molecule has 3 rings (SSSR count). The maximum Gasteiger partial charge on any atom is 0.191 e. The zero-order valence-electron chi connectivity index (χ0n) is 19.1. The van der Waals surface area contributed by atoms with Crippen molar-refractivity contribution in [3.8, 4) is 5.75 Å². The van der Waals surface area contributed by atoms with Crippen molar-refractivity contribution in [1.29, 1.82) is 0 Å². The Labute approximate surface area is 186 Å². The minimum absolute atomic E-state index is 0.664. The summed E-state index contributed by atoms with van der Waals surface area (Å²) in [5.41, 5.74) is 4.91. The lowest BCUT2D eigenvalue weighted by molar-refractivity contribution is 0.0342. The second kappa shape index (κ2) is 12.3. The smallest absolute Gasteiger partial charge is 0.191 e. The van der Waals surface area contributed by atoms with Gasteiger partial charge in [-0.3, -0.25) is 9.89 Å². The molecule has 2 aromatic rings. The first-order valence-electron chi connectivity index (χ1n) is 11.2. The first-order chi connectivity index (χ1) is 15.2. The van der Waals surface area contributed by atoms with E-state index in [0.717, 1.165) is 69.7 Å². The Morgan fingerprint density at radius 1 is 1.03 bits per heavy atom. The molecule has 1 saturated heterocycles. The van der Waals surface area contributed by atoms with E-state index in [0.29, 0.717) is 6.54 Å². The van der Waals surface area contributed by atoms with Crippen LogP contribution in [0.25, 0.3) is 0 Å². The minimum atomic E-state index is 0.664. The number of hydrogen-bond donors (Lipinski definition) is 2. The van der Waals surface area contributed by atoms with Crippen molar-refractivity contribution in [1.82, 2.24) is 15.5 Å². The van der Waals surface area contributed by atoms with Crippen molar-refractivity contribution >= 4 is 5.96 Å². The van der Waals surface area contributed by atoms with Gasteiger partial charge in [-0.2, -0.15) is 0 Å². The molecule has 1 aliphatic heterocycles. The van der Waals surface area contributed by atoms with Crippen LogP contribution < -0.4 is 15.4 Å². The maximum absolute atomic E-state index is 5.92. The van der Waals surface area contributed by atoms with Gasteiger partial charge in [0.25, 0.3) is 0 Å². The van der Waals surface area contributed by atoms with E-state index in [9.17, 15) is 0 Å². The van der Waals surface area contributed by atoms with Crippen molar-refractivity contribution in [2.24, 2.45) is 4.99 Å². The molecule has 0 atom stereocenters. The van der Waals surface area contributed by atoms with Crippen LogP contribution in [-0.2, 0) is 24.4 Å². The second-order valence-corrected chi connectivity index (χ2v) is 7.94. The van der Waals surface area contributed by atoms with Crippen LogP contribution in [0.3, 0.4) is 0 Å². The molecule has 0 spiro atoms. The highest BCUT2D eigenvalue weighted by atomic mass is 16.5. The average Bonchev–Trinajstić information content (AvgIpc) is 2.80. The van der Waals surface area contributed by atoms with E-state index in [2.05, 4.69) is 76.8 Å². The molecule has 0 bridgehead atoms. The van der Waals surface area contributed by atoms with E-state index >= 15 is 0 Å². The molecule has 0 amide bonds. The molecule has 0 saturated carbocycles. The number of rotatable bonds is 9. The van der Waals surface area contributed by atoms with Gasteiger partial charge in [-0.15, -0.1) is 0 Å². The van der Waals surface area contributed by atoms with Gasteiger partial charge in [0.1, 0.15) is 5.75 Å². The predicted octanol–water partition coefficient (Wildman–Crippen LogP) is 3.48. The van der Waals surface area contributed by atoms with Crippen molar-refractivity contribution in [2.75, 3.05) is 40.0 Å². The molecule has 6 heteroatoms. The molecular weight excluding hydrogens is 388 g/mol. The van der Waals surface area contributed by atoms with Gasteiger partial charge in [0, 0.05) is 45.3 Å². The van der Waals surface area contributed by atoms with Crippen LogP contribution in [0.4, 0.5) is 0 Å². The number of morpholine rings is 1. The third-order valence-corrected chi connectivity index (χ3v) is 5.35. The summed E-state index contributed by atoms with van der Waals surface area (Å²) in [5, 5.41) is 6.80. The first kappa shape index (κ1) is 23.1. The highest BCUT2D eigenvalue weighted by Gasteiger charge is 2.10. The largest absolute Gasteiger partial charge is 0.493 e. The average molecular weight is 425 g/mol. The summed E-state index contributed by atoms with van der Waals surface area (Å²) in [6.07, 6.45) is 0.995. The summed E-state index contributed by atoms with van der Waals surface area (Å²) in [5.74, 6) is 1.72. The molecular formula is C25H36N4O2. The first-order valence-corrected chi connectivity index (χ1v) is 11.2. The van der Waals surface area contributed by atoms with Gasteiger partial charge in [-0.1, -0.05) is 43.3 Å². The molecule has 1 heterocycles. The molecule has 0 unspecified atom stereocenters. The molecule has 2 aromatic carbocycles. The van der Waals surface area contributed by atoms with E-state index in [1.54, 1.807) is 7.05 Å². The molecule has 31 heavy (non-hydrogen) atoms. The Morgan fingerprint density at radius 3 is 2.45 bits per heavy atom. The summed E-state index contributed by atoms with van der Waals surface area (Å²) in [4.78, 5) is 6.79. The minimum Gasteiger partial charge on any atom is -0.493 e. The summed E-state index contributed by atoms with van der Waals surface area (Å²) >= 11 is 0. The normalized spacial score (nSPS) is 15.0. The van der Waals surface area contributed by atoms with Crippen molar-refractivity contribution in [2.45, 2.75) is 39.9 Å². The summed E-state index contributed by atoms with van der Waals surface area (Å²) in [7, 11) is 1.80. The summed E-state index contributed by atoms with van der Waals surface area (Å²) in [6, 6.07) is 15.1. The van der Waals surface area contributed by atoms with Crippen molar-refractivity contribution in [3.63, 3.8) is 0 Å². The van der Waals surface area contributed by atoms with Crippen LogP contribution in [0.15, 0.2) is 47.5 Å². The van der Waals surface area contributed by atoms with E-state index < -0.39 is 0 Å². The fourth-order valence-electron chi connectivity index (χ4n) is 3.52. The zero-order valence-corrected chi connectivity index (χ0v) is 19.1. The maximum atomic E-state index is 5.92. The zero-order chi connectivity index (χ0) is 21.9. The van der Waals surface area contributed by atoms with Crippen molar-refractivity contribution < 1.29 is 9.47 Å². The SMILES string of the molecule is CCCOc1cc(C)ccc1CNC(=NC)NCc1ccc(CN2CCOCC2)cc1. The number of hydrogen-bond acceptors (Lipinski definition) is 4. The van der Waals surface area contributed by atoms with Gasteiger partial charge in [0.15, 0.2) is 5.96 Å². The molecule has 6 nitrogen and oxygen atoms in total. The summed E-state index contributed by atoms with van der Waals surface area (Å²) in [6.45, 7) is 11.0. The number of ether oxygens (including phenoxy) is 2. The summed E-state index contributed by atoms with van der Waals surface area (Å²) < 4.78 is 11.3. The monoisotopic (exact) mass is 424 g/mol. The quantitative estimate of drug-likeness (QED) is 0.477. The van der Waals surface area contributed by atoms with E-state index in [4.69, 9.17) is 9.47 Å². The molecule has 1 aliphatic rings. The van der Waals surface area contributed by atoms with Crippen LogP contribution in [0.5, 0.6) is 5.75 Å². The fourth-order valence-corrected chi connectivity index (χ4v) is 3.52. The van der Waals surface area contributed by atoms with Gasteiger partial charge in [-0.05, 0) is 36.1 Å². The van der Waals surface area contributed by atoms with Gasteiger partial charge in [0.2, 0.25) is 0 Å². The van der Waals surface area contributed by atoms with Gasteiger partial charge in [-0.25, -0.2) is 0 Å². The lowest BCUT2D eigenvalue weighted by Crippen LogP contribution is -2.36. The van der Waals surface area contributed by atoms with Crippen LogP contribution in [0.2, 0.25) is 0 Å². The highest BCUT2D eigenvalue weighted by Crippen LogP contribution is 2.20. The number of benzene rings is 2. The molecule has 1 fully saturated rings. The van der Waals surface area contributed by atoms with Crippen LogP contribution in [0, 0.1) is 6.92 Å². The predicted molar refractivity (Wildman–Crippen MR) is 127 cm³/mol. The Bertz CT molecular complexity index is 830. The van der Waals surface area contributed by atoms with Gasteiger partial charge >= 0.3 is 0 Å². The van der Waals surface area contributed by atoms with Crippen LogP contribution in [0.1, 0.15) is 35.6 Å². The number of aryl methyl sites for hydroxylation is 1. The Kier molecular flexibility index (Phi) is 9.18. The number of aliphatic imine (C=N–C) groups is 1. The molecule has 0 aliphatic carbocycles. The lowest BCUT2D eigenvalue weighted by atomic mass is 10.1. The third-order valence-electron chi connectivity index (χ3n) is 5.35. The molecule has 168 valence electrons. The number of nitrogens with zero attached hydrogens (tertiary/aromatic N) is 2. The Morgan fingerprint density at radius 2 is 1.74 bits per heavy atom. The van der Waals surface area contributed by atoms with E-state index in [1.807, 2.05) is 0 Å². The number of nitrogens with one attached hydrogen (secondary N) is 2. The molecule has 2 N–H and O–H groups in total. The molecule has 0 radical (unpaired) electrons. The third kappa shape index (κ3) is 7.56. The van der Waals surface area contributed by atoms with Crippen LogP contribution >= 0.6 is 0 Å². The van der Waals surface area contributed by atoms with E-state index in [1.165, 1.54) is 16.7 Å². The second-order valence-electron chi connectivity index (χ2n) is 7.94.